The fraction of sp³-hybridized carbons (Fsp3) is 0.261. The molecule has 3 N–H and O–H groups in total. The van der Waals surface area contributed by atoms with Gasteiger partial charge in [-0.1, -0.05) is 55.9 Å². The minimum absolute atomic E-state index is 0.0904. The summed E-state index contributed by atoms with van der Waals surface area (Å²) in [5.41, 5.74) is 2.44. The highest BCUT2D eigenvalue weighted by molar-refractivity contribution is 8.00. The van der Waals surface area contributed by atoms with Gasteiger partial charge < -0.3 is 10.6 Å². The molecule has 1 heterocycles. The molecule has 2 amide bonds. The Bertz CT molecular complexity index is 1180. The van der Waals surface area contributed by atoms with Crippen LogP contribution in [-0.2, 0) is 16.0 Å². The Morgan fingerprint density at radius 3 is 2.53 bits per heavy atom. The van der Waals surface area contributed by atoms with E-state index < -0.39 is 10.8 Å². The standard InChI is InChI=1S/C23H25N5O3S/c1-4-15-9-8-10-16(13-15)25-21(30)19(5-2)32-23-26-22(31)20(27-28-23)17-11-6-7-12-18(17)24-14(3)29/h6-13,19H,4-5H2,1-3H3,(H,24,29)(H,25,30)(H,26,28,31)/t19-/m1/s1. The highest BCUT2D eigenvalue weighted by atomic mass is 32.2. The molecule has 0 unspecified atom stereocenters. The van der Waals surface area contributed by atoms with Crippen LogP contribution in [0.1, 0.15) is 32.8 Å². The summed E-state index contributed by atoms with van der Waals surface area (Å²) in [6, 6.07) is 14.6. The van der Waals surface area contributed by atoms with E-state index in [1.54, 1.807) is 24.3 Å². The number of hydrogen-bond acceptors (Lipinski definition) is 6. The first-order valence-corrected chi connectivity index (χ1v) is 11.2. The molecule has 32 heavy (non-hydrogen) atoms. The van der Waals surface area contributed by atoms with Gasteiger partial charge in [-0.15, -0.1) is 10.2 Å². The van der Waals surface area contributed by atoms with E-state index in [0.29, 0.717) is 17.7 Å². The van der Waals surface area contributed by atoms with Gasteiger partial charge in [0.25, 0.3) is 5.56 Å². The Kier molecular flexibility index (Phi) is 7.77. The van der Waals surface area contributed by atoms with Gasteiger partial charge in [0.05, 0.1) is 10.9 Å². The summed E-state index contributed by atoms with van der Waals surface area (Å²) in [4.78, 5) is 39.6. The number of carbonyl (C=O) groups is 2. The van der Waals surface area contributed by atoms with Gasteiger partial charge >= 0.3 is 0 Å². The molecule has 0 aliphatic carbocycles. The van der Waals surface area contributed by atoms with Crippen molar-refractivity contribution in [2.75, 3.05) is 10.6 Å². The normalized spacial score (nSPS) is 11.6. The molecule has 8 nitrogen and oxygen atoms in total. The number of H-pyrrole nitrogens is 1. The molecule has 166 valence electrons. The fourth-order valence-electron chi connectivity index (χ4n) is 3.09. The molecule has 3 aromatic rings. The zero-order valence-corrected chi connectivity index (χ0v) is 19.0. The molecule has 1 aromatic heterocycles. The number of nitrogens with zero attached hydrogens (tertiary/aromatic N) is 2. The number of para-hydroxylation sites is 1. The zero-order chi connectivity index (χ0) is 23.1. The summed E-state index contributed by atoms with van der Waals surface area (Å²) in [6.45, 7) is 5.34. The molecule has 0 saturated carbocycles. The number of nitrogens with one attached hydrogen (secondary N) is 3. The van der Waals surface area contributed by atoms with Gasteiger partial charge in [-0.2, -0.15) is 0 Å². The minimum atomic E-state index is -0.456. The average Bonchev–Trinajstić information content (AvgIpc) is 2.78. The summed E-state index contributed by atoms with van der Waals surface area (Å²) in [7, 11) is 0. The summed E-state index contributed by atoms with van der Waals surface area (Å²) in [5, 5.41) is 13.6. The predicted molar refractivity (Wildman–Crippen MR) is 127 cm³/mol. The Hall–Kier alpha value is -3.46. The van der Waals surface area contributed by atoms with E-state index in [2.05, 4.69) is 32.7 Å². The first-order valence-electron chi connectivity index (χ1n) is 10.3. The quantitative estimate of drug-likeness (QED) is 0.448. The molecule has 0 saturated heterocycles. The molecule has 0 spiro atoms. The topological polar surface area (TPSA) is 117 Å². The second-order valence-electron chi connectivity index (χ2n) is 7.09. The van der Waals surface area contributed by atoms with Crippen LogP contribution in [0, 0.1) is 0 Å². The van der Waals surface area contributed by atoms with Crippen molar-refractivity contribution in [2.45, 2.75) is 44.0 Å². The third-order valence-electron chi connectivity index (χ3n) is 4.69. The Morgan fingerprint density at radius 1 is 1.06 bits per heavy atom. The van der Waals surface area contributed by atoms with Gasteiger partial charge in [0.15, 0.2) is 10.9 Å². The van der Waals surface area contributed by atoms with Gasteiger partial charge in [-0.25, -0.2) is 0 Å². The van der Waals surface area contributed by atoms with Gasteiger partial charge in [-0.05, 0) is 36.6 Å². The average molecular weight is 452 g/mol. The number of benzene rings is 2. The number of carbonyl (C=O) groups excluding carboxylic acids is 2. The largest absolute Gasteiger partial charge is 0.326 e. The molecule has 0 aliphatic rings. The number of aromatic nitrogens is 3. The molecular weight excluding hydrogens is 426 g/mol. The molecule has 0 fully saturated rings. The second kappa shape index (κ2) is 10.7. The lowest BCUT2D eigenvalue weighted by Gasteiger charge is -2.14. The van der Waals surface area contributed by atoms with Crippen molar-refractivity contribution in [3.05, 3.63) is 64.4 Å². The van der Waals surface area contributed by atoms with E-state index in [1.165, 1.54) is 6.92 Å². The van der Waals surface area contributed by atoms with E-state index in [1.807, 2.05) is 31.2 Å². The predicted octanol–water partition coefficient (Wildman–Crippen LogP) is 3.86. The second-order valence-corrected chi connectivity index (χ2v) is 8.28. The van der Waals surface area contributed by atoms with Crippen LogP contribution in [0.25, 0.3) is 11.3 Å². The Morgan fingerprint density at radius 2 is 1.84 bits per heavy atom. The molecule has 3 rings (SSSR count). The molecule has 0 aliphatic heterocycles. The van der Waals surface area contributed by atoms with Crippen molar-refractivity contribution in [3.63, 3.8) is 0 Å². The third-order valence-corrected chi connectivity index (χ3v) is 5.93. The number of anilines is 2. The lowest BCUT2D eigenvalue weighted by Crippen LogP contribution is -2.25. The SMILES string of the molecule is CCc1cccc(NC(=O)[C@@H](CC)Sc2nnc(-c3ccccc3NC(C)=O)c(=O)[nH]2)c1. The van der Waals surface area contributed by atoms with Crippen LogP contribution >= 0.6 is 11.8 Å². The van der Waals surface area contributed by atoms with Crippen molar-refractivity contribution in [3.8, 4) is 11.3 Å². The van der Waals surface area contributed by atoms with Crippen molar-refractivity contribution in [2.24, 2.45) is 0 Å². The van der Waals surface area contributed by atoms with E-state index in [0.717, 1.165) is 29.4 Å². The van der Waals surface area contributed by atoms with Crippen LogP contribution in [0.15, 0.2) is 58.5 Å². The smallest absolute Gasteiger partial charge is 0.278 e. The zero-order valence-electron chi connectivity index (χ0n) is 18.1. The van der Waals surface area contributed by atoms with Crippen LogP contribution in [0.5, 0.6) is 0 Å². The van der Waals surface area contributed by atoms with Crippen LogP contribution in [0.3, 0.4) is 0 Å². The Balaban J connectivity index is 1.77. The van der Waals surface area contributed by atoms with E-state index >= 15 is 0 Å². The van der Waals surface area contributed by atoms with E-state index in [-0.39, 0.29) is 22.7 Å². The van der Waals surface area contributed by atoms with Crippen molar-refractivity contribution in [1.82, 2.24) is 15.2 Å². The van der Waals surface area contributed by atoms with Crippen LogP contribution in [0.4, 0.5) is 11.4 Å². The van der Waals surface area contributed by atoms with Crippen LogP contribution in [0.2, 0.25) is 0 Å². The number of amides is 2. The molecule has 1 atom stereocenters. The monoisotopic (exact) mass is 451 g/mol. The number of rotatable bonds is 8. The minimum Gasteiger partial charge on any atom is -0.326 e. The summed E-state index contributed by atoms with van der Waals surface area (Å²) in [5.74, 6) is -0.427. The first kappa shape index (κ1) is 23.2. The summed E-state index contributed by atoms with van der Waals surface area (Å²) < 4.78 is 0. The van der Waals surface area contributed by atoms with Gasteiger partial charge in [0.2, 0.25) is 11.8 Å². The van der Waals surface area contributed by atoms with Crippen LogP contribution < -0.4 is 16.2 Å². The molecule has 9 heteroatoms. The van der Waals surface area contributed by atoms with E-state index in [4.69, 9.17) is 0 Å². The number of aromatic amines is 1. The van der Waals surface area contributed by atoms with E-state index in [9.17, 15) is 14.4 Å². The molecule has 2 aromatic carbocycles. The van der Waals surface area contributed by atoms with Gasteiger partial charge in [0, 0.05) is 18.2 Å². The first-order chi connectivity index (χ1) is 15.4. The summed E-state index contributed by atoms with van der Waals surface area (Å²) >= 11 is 1.15. The molecule has 0 bridgehead atoms. The van der Waals surface area contributed by atoms with Crippen LogP contribution in [-0.4, -0.2) is 32.2 Å². The lowest BCUT2D eigenvalue weighted by molar-refractivity contribution is -0.116. The maximum atomic E-state index is 12.8. The lowest BCUT2D eigenvalue weighted by atomic mass is 10.1. The highest BCUT2D eigenvalue weighted by Crippen LogP contribution is 2.26. The third kappa shape index (κ3) is 5.82. The number of aryl methyl sites for hydroxylation is 1. The highest BCUT2D eigenvalue weighted by Gasteiger charge is 2.21. The molecular formula is C23H25N5O3S. The van der Waals surface area contributed by atoms with Crippen molar-refractivity contribution in [1.29, 1.82) is 0 Å². The summed E-state index contributed by atoms with van der Waals surface area (Å²) in [6.07, 6.45) is 1.42. The number of hydrogen-bond donors (Lipinski definition) is 3. The van der Waals surface area contributed by atoms with Gasteiger partial charge in [0.1, 0.15) is 0 Å². The number of thioether (sulfide) groups is 1. The fourth-order valence-corrected chi connectivity index (χ4v) is 3.93. The maximum absolute atomic E-state index is 12.8. The maximum Gasteiger partial charge on any atom is 0.278 e. The van der Waals surface area contributed by atoms with Crippen molar-refractivity contribution < 1.29 is 9.59 Å². The Labute approximate surface area is 190 Å². The van der Waals surface area contributed by atoms with Crippen molar-refractivity contribution >= 4 is 35.0 Å². The molecule has 0 radical (unpaired) electrons. The van der Waals surface area contributed by atoms with Gasteiger partial charge in [-0.3, -0.25) is 19.4 Å².